The van der Waals surface area contributed by atoms with Gasteiger partial charge in [-0.05, 0) is 32.5 Å². The fourth-order valence-corrected chi connectivity index (χ4v) is 2.06. The smallest absolute Gasteiger partial charge is 0.289 e. The molecule has 0 bridgehead atoms. The molecule has 5 nitrogen and oxygen atoms in total. The van der Waals surface area contributed by atoms with E-state index in [1.807, 2.05) is 44.2 Å². The van der Waals surface area contributed by atoms with Gasteiger partial charge in [-0.25, -0.2) is 4.98 Å². The molecule has 0 aliphatic rings. The second kappa shape index (κ2) is 7.04. The molecule has 1 aromatic carbocycles. The first-order valence-electron chi connectivity index (χ1n) is 7.16. The third kappa shape index (κ3) is 3.92. The highest BCUT2D eigenvalue weighted by atomic mass is 16.4. The highest BCUT2D eigenvalue weighted by Gasteiger charge is 2.18. The van der Waals surface area contributed by atoms with E-state index in [1.54, 1.807) is 6.92 Å². The summed E-state index contributed by atoms with van der Waals surface area (Å²) in [5.74, 6) is 0.516. The summed E-state index contributed by atoms with van der Waals surface area (Å²) in [6, 6.07) is 9.77. The van der Waals surface area contributed by atoms with Crippen molar-refractivity contribution in [1.82, 2.24) is 15.6 Å². The molecule has 1 aromatic heterocycles. The Bertz CT molecular complexity index is 593. The van der Waals surface area contributed by atoms with Crippen LogP contribution in [0.15, 0.2) is 34.7 Å². The minimum atomic E-state index is -0.230. The average Bonchev–Trinajstić information content (AvgIpc) is 2.88. The molecular weight excluding hydrogens is 266 g/mol. The summed E-state index contributed by atoms with van der Waals surface area (Å²) in [5, 5.41) is 6.09. The number of hydrogen-bond donors (Lipinski definition) is 2. The number of benzene rings is 1. The summed E-state index contributed by atoms with van der Waals surface area (Å²) in [4.78, 5) is 16.5. The van der Waals surface area contributed by atoms with Gasteiger partial charge in [0.2, 0.25) is 11.7 Å². The Hall–Kier alpha value is -2.14. The van der Waals surface area contributed by atoms with E-state index in [0.29, 0.717) is 18.1 Å². The van der Waals surface area contributed by atoms with Crippen LogP contribution in [0.1, 0.15) is 30.1 Å². The first-order chi connectivity index (χ1) is 10.1. The third-order valence-electron chi connectivity index (χ3n) is 3.14. The Kier molecular flexibility index (Phi) is 5.11. The van der Waals surface area contributed by atoms with Gasteiger partial charge in [0.15, 0.2) is 0 Å². The van der Waals surface area contributed by atoms with Crippen molar-refractivity contribution in [2.45, 2.75) is 26.8 Å². The summed E-state index contributed by atoms with van der Waals surface area (Å²) in [5.41, 5.74) is 1.46. The maximum atomic E-state index is 12.1. The predicted molar refractivity (Wildman–Crippen MR) is 82.1 cm³/mol. The summed E-state index contributed by atoms with van der Waals surface area (Å²) in [6.07, 6.45) is 0. The van der Waals surface area contributed by atoms with Crippen LogP contribution < -0.4 is 10.6 Å². The minimum Gasteiger partial charge on any atom is -0.431 e. The number of nitrogens with zero attached hydrogens (tertiary/aromatic N) is 1. The third-order valence-corrected chi connectivity index (χ3v) is 3.14. The van der Waals surface area contributed by atoms with E-state index >= 15 is 0 Å². The molecule has 0 spiro atoms. The highest BCUT2D eigenvalue weighted by molar-refractivity contribution is 5.92. The molecule has 0 unspecified atom stereocenters. The molecule has 0 saturated heterocycles. The van der Waals surface area contributed by atoms with Crippen LogP contribution in [0, 0.1) is 6.92 Å². The zero-order valence-electron chi connectivity index (χ0n) is 12.6. The summed E-state index contributed by atoms with van der Waals surface area (Å²) >= 11 is 0. The maximum absolute atomic E-state index is 12.1. The molecule has 0 aliphatic heterocycles. The van der Waals surface area contributed by atoms with E-state index in [-0.39, 0.29) is 17.7 Å². The lowest BCUT2D eigenvalue weighted by Gasteiger charge is -2.12. The molecule has 0 radical (unpaired) electrons. The number of rotatable bonds is 6. The highest BCUT2D eigenvalue weighted by Crippen LogP contribution is 2.21. The van der Waals surface area contributed by atoms with E-state index in [9.17, 15) is 4.79 Å². The molecule has 112 valence electrons. The van der Waals surface area contributed by atoms with Crippen molar-refractivity contribution in [3.63, 3.8) is 0 Å². The van der Waals surface area contributed by atoms with Gasteiger partial charge < -0.3 is 15.1 Å². The maximum Gasteiger partial charge on any atom is 0.289 e. The molecule has 21 heavy (non-hydrogen) atoms. The van der Waals surface area contributed by atoms with Gasteiger partial charge in [-0.15, -0.1) is 0 Å². The topological polar surface area (TPSA) is 67.2 Å². The van der Waals surface area contributed by atoms with E-state index < -0.39 is 0 Å². The fourth-order valence-electron chi connectivity index (χ4n) is 2.06. The van der Waals surface area contributed by atoms with E-state index in [1.165, 1.54) is 0 Å². The SMILES string of the molecule is CCN[C@H](C)CNC(=O)c1oc(-c2ccccc2)nc1C. The standard InChI is InChI=1S/C16H21N3O2/c1-4-17-11(2)10-18-15(20)14-12(3)19-16(21-14)13-8-6-5-7-9-13/h5-9,11,17H,4,10H2,1-3H3,(H,18,20)/t11-/m1/s1. The quantitative estimate of drug-likeness (QED) is 0.856. The van der Waals surface area contributed by atoms with Crippen molar-refractivity contribution >= 4 is 5.91 Å². The van der Waals surface area contributed by atoms with Crippen LogP contribution in [0.4, 0.5) is 0 Å². The van der Waals surface area contributed by atoms with E-state index in [4.69, 9.17) is 4.42 Å². The zero-order chi connectivity index (χ0) is 15.2. The van der Waals surface area contributed by atoms with Crippen molar-refractivity contribution in [2.24, 2.45) is 0 Å². The molecule has 2 rings (SSSR count). The zero-order valence-corrected chi connectivity index (χ0v) is 12.6. The number of aromatic nitrogens is 1. The van der Waals surface area contributed by atoms with Crippen LogP contribution in [0.5, 0.6) is 0 Å². The van der Waals surface area contributed by atoms with Crippen LogP contribution in [0.3, 0.4) is 0 Å². The van der Waals surface area contributed by atoms with Crippen LogP contribution in [0.25, 0.3) is 11.5 Å². The monoisotopic (exact) mass is 287 g/mol. The molecule has 2 N–H and O–H groups in total. The number of nitrogens with one attached hydrogen (secondary N) is 2. The number of carbonyl (C=O) groups is 1. The summed E-state index contributed by atoms with van der Waals surface area (Å²) < 4.78 is 5.61. The number of amides is 1. The second-order valence-electron chi connectivity index (χ2n) is 4.97. The van der Waals surface area contributed by atoms with Gasteiger partial charge >= 0.3 is 0 Å². The van der Waals surface area contributed by atoms with Crippen molar-refractivity contribution < 1.29 is 9.21 Å². The Morgan fingerprint density at radius 1 is 1.33 bits per heavy atom. The molecule has 1 heterocycles. The molecule has 5 heteroatoms. The van der Waals surface area contributed by atoms with Crippen LogP contribution in [0.2, 0.25) is 0 Å². The Labute approximate surface area is 124 Å². The summed E-state index contributed by atoms with van der Waals surface area (Å²) in [6.45, 7) is 7.25. The van der Waals surface area contributed by atoms with Gasteiger partial charge in [-0.1, -0.05) is 25.1 Å². The van der Waals surface area contributed by atoms with Crippen LogP contribution in [-0.2, 0) is 0 Å². The van der Waals surface area contributed by atoms with Gasteiger partial charge in [0.05, 0.1) is 5.69 Å². The molecule has 0 saturated carbocycles. The molecule has 2 aromatic rings. The van der Waals surface area contributed by atoms with Crippen molar-refractivity contribution in [1.29, 1.82) is 0 Å². The molecule has 1 atom stereocenters. The molecule has 0 fully saturated rings. The van der Waals surface area contributed by atoms with Crippen molar-refractivity contribution in [3.05, 3.63) is 41.8 Å². The largest absolute Gasteiger partial charge is 0.431 e. The van der Waals surface area contributed by atoms with Gasteiger partial charge in [-0.3, -0.25) is 4.79 Å². The predicted octanol–water partition coefficient (Wildman–Crippen LogP) is 2.38. The number of aryl methyl sites for hydroxylation is 1. The fraction of sp³-hybridized carbons (Fsp3) is 0.375. The molecule has 1 amide bonds. The Balaban J connectivity index is 2.07. The van der Waals surface area contributed by atoms with Crippen molar-refractivity contribution in [3.8, 4) is 11.5 Å². The Morgan fingerprint density at radius 2 is 2.05 bits per heavy atom. The molecule has 0 aliphatic carbocycles. The average molecular weight is 287 g/mol. The van der Waals surface area contributed by atoms with Crippen molar-refractivity contribution in [2.75, 3.05) is 13.1 Å². The second-order valence-corrected chi connectivity index (χ2v) is 4.97. The first kappa shape index (κ1) is 15.3. The summed E-state index contributed by atoms with van der Waals surface area (Å²) in [7, 11) is 0. The van der Waals surface area contributed by atoms with E-state index in [2.05, 4.69) is 15.6 Å². The van der Waals surface area contributed by atoms with Gasteiger partial charge in [0.25, 0.3) is 5.91 Å². The van der Waals surface area contributed by atoms with Gasteiger partial charge in [-0.2, -0.15) is 0 Å². The number of oxazole rings is 1. The first-order valence-corrected chi connectivity index (χ1v) is 7.16. The lowest BCUT2D eigenvalue weighted by molar-refractivity contribution is 0.0922. The van der Waals surface area contributed by atoms with Crippen LogP contribution >= 0.6 is 0 Å². The van der Waals surface area contributed by atoms with E-state index in [0.717, 1.165) is 12.1 Å². The Morgan fingerprint density at radius 3 is 2.71 bits per heavy atom. The number of hydrogen-bond acceptors (Lipinski definition) is 4. The number of carbonyl (C=O) groups excluding carboxylic acids is 1. The van der Waals surface area contributed by atoms with Gasteiger partial charge in [0, 0.05) is 18.2 Å². The lowest BCUT2D eigenvalue weighted by Crippen LogP contribution is -2.38. The normalized spacial score (nSPS) is 12.1. The lowest BCUT2D eigenvalue weighted by atomic mass is 10.2. The van der Waals surface area contributed by atoms with Gasteiger partial charge in [0.1, 0.15) is 0 Å². The molecular formula is C16H21N3O2. The van der Waals surface area contributed by atoms with Crippen LogP contribution in [-0.4, -0.2) is 30.0 Å². The number of likely N-dealkylation sites (N-methyl/N-ethyl adjacent to an activating group) is 1. The minimum absolute atomic E-state index is 0.218.